The molecule has 0 radical (unpaired) electrons. The Labute approximate surface area is 85.2 Å². The molecule has 0 nitrogen and oxygen atoms in total. The minimum absolute atomic E-state index is 0.378. The predicted octanol–water partition coefficient (Wildman–Crippen LogP) is 4.19. The lowest BCUT2D eigenvalue weighted by molar-refractivity contribution is 0.966. The minimum Gasteiger partial charge on any atom is -0.102 e. The van der Waals surface area contributed by atoms with Gasteiger partial charge >= 0.3 is 0 Å². The Kier molecular flexibility index (Phi) is 3.56. The molecule has 0 spiro atoms. The van der Waals surface area contributed by atoms with E-state index in [0.717, 1.165) is 11.4 Å². The van der Waals surface area contributed by atoms with Crippen LogP contribution in [0, 0.1) is 0 Å². The van der Waals surface area contributed by atoms with Gasteiger partial charge in [-0.2, -0.15) is 0 Å². The monoisotopic (exact) mass is 194 g/mol. The zero-order valence-corrected chi connectivity index (χ0v) is 8.93. The lowest BCUT2D eigenvalue weighted by atomic mass is 9.99. The Morgan fingerprint density at radius 2 is 2.23 bits per heavy atom. The van der Waals surface area contributed by atoms with E-state index >= 15 is 0 Å². The second-order valence-corrected chi connectivity index (χ2v) is 3.64. The Morgan fingerprint density at radius 3 is 2.69 bits per heavy atom. The largest absolute Gasteiger partial charge is 0.102 e. The molecule has 1 unspecified atom stereocenters. The molecule has 0 aliphatic heterocycles. The Morgan fingerprint density at radius 1 is 1.54 bits per heavy atom. The summed E-state index contributed by atoms with van der Waals surface area (Å²) in [5, 5.41) is 0.869. The molecule has 0 saturated heterocycles. The molecule has 0 amide bonds. The van der Waals surface area contributed by atoms with Crippen LogP contribution in [0.25, 0.3) is 0 Å². The zero-order valence-electron chi connectivity index (χ0n) is 8.18. The van der Waals surface area contributed by atoms with Crippen molar-refractivity contribution in [2.75, 3.05) is 0 Å². The third kappa shape index (κ3) is 2.35. The lowest BCUT2D eigenvalue weighted by Gasteiger charge is -2.08. The van der Waals surface area contributed by atoms with Crippen molar-refractivity contribution in [1.82, 2.24) is 0 Å². The summed E-state index contributed by atoms with van der Waals surface area (Å²) in [6.07, 6.45) is 2.92. The Bertz CT molecular complexity index is 302. The maximum atomic E-state index is 6.10. The van der Waals surface area contributed by atoms with Crippen LogP contribution < -0.4 is 0 Å². The fourth-order valence-corrected chi connectivity index (χ4v) is 1.59. The van der Waals surface area contributed by atoms with Gasteiger partial charge in [0.15, 0.2) is 0 Å². The smallest absolute Gasteiger partial charge is 0.0440 e. The summed E-state index contributed by atoms with van der Waals surface area (Å²) in [5.74, 6) is 0.378. The number of halogens is 1. The molecule has 1 heteroatoms. The molecular weight excluding hydrogens is 180 g/mol. The van der Waals surface area contributed by atoms with E-state index in [9.17, 15) is 0 Å². The molecule has 0 aromatic heterocycles. The summed E-state index contributed by atoms with van der Waals surface area (Å²) in [4.78, 5) is 0. The van der Waals surface area contributed by atoms with E-state index in [0.29, 0.717) is 5.92 Å². The summed E-state index contributed by atoms with van der Waals surface area (Å²) < 4.78 is 0. The van der Waals surface area contributed by atoms with E-state index in [1.54, 1.807) is 0 Å². The number of aryl methyl sites for hydroxylation is 1. The summed E-state index contributed by atoms with van der Waals surface area (Å²) >= 11 is 6.10. The highest BCUT2D eigenvalue weighted by molar-refractivity contribution is 6.31. The molecule has 1 rings (SSSR count). The van der Waals surface area contributed by atoms with Crippen LogP contribution in [-0.2, 0) is 6.42 Å². The first-order chi connectivity index (χ1) is 6.19. The fourth-order valence-electron chi connectivity index (χ4n) is 1.27. The maximum Gasteiger partial charge on any atom is 0.0440 e. The van der Waals surface area contributed by atoms with Gasteiger partial charge in [-0.3, -0.25) is 0 Å². The van der Waals surface area contributed by atoms with Crippen molar-refractivity contribution in [3.63, 3.8) is 0 Å². The molecule has 1 aromatic rings. The number of benzene rings is 1. The van der Waals surface area contributed by atoms with Crippen molar-refractivity contribution in [1.29, 1.82) is 0 Å². The second-order valence-electron chi connectivity index (χ2n) is 3.23. The van der Waals surface area contributed by atoms with Gasteiger partial charge < -0.3 is 0 Å². The quantitative estimate of drug-likeness (QED) is 0.633. The van der Waals surface area contributed by atoms with Crippen LogP contribution in [-0.4, -0.2) is 0 Å². The van der Waals surface area contributed by atoms with E-state index in [1.807, 2.05) is 12.1 Å². The van der Waals surface area contributed by atoms with Crippen LogP contribution in [0.2, 0.25) is 5.02 Å². The first-order valence-corrected chi connectivity index (χ1v) is 4.97. The van der Waals surface area contributed by atoms with Crippen molar-refractivity contribution in [3.05, 3.63) is 47.0 Å². The summed E-state index contributed by atoms with van der Waals surface area (Å²) in [5.41, 5.74) is 2.44. The van der Waals surface area contributed by atoms with E-state index in [4.69, 9.17) is 11.6 Å². The van der Waals surface area contributed by atoms with Gasteiger partial charge in [0.1, 0.15) is 0 Å². The van der Waals surface area contributed by atoms with Crippen LogP contribution >= 0.6 is 11.6 Å². The first kappa shape index (κ1) is 10.3. The fraction of sp³-hybridized carbons (Fsp3) is 0.333. The zero-order chi connectivity index (χ0) is 9.84. The maximum absolute atomic E-state index is 6.10. The van der Waals surface area contributed by atoms with Gasteiger partial charge in [0.25, 0.3) is 0 Å². The van der Waals surface area contributed by atoms with E-state index in [-0.39, 0.29) is 0 Å². The third-order valence-electron chi connectivity index (χ3n) is 2.34. The van der Waals surface area contributed by atoms with Crippen LogP contribution in [0.1, 0.15) is 30.9 Å². The van der Waals surface area contributed by atoms with Crippen molar-refractivity contribution in [2.45, 2.75) is 26.2 Å². The molecule has 0 heterocycles. The topological polar surface area (TPSA) is 0 Å². The third-order valence-corrected chi connectivity index (χ3v) is 2.69. The predicted molar refractivity (Wildman–Crippen MR) is 59.4 cm³/mol. The summed E-state index contributed by atoms with van der Waals surface area (Å²) in [6, 6.07) is 6.25. The van der Waals surface area contributed by atoms with Gasteiger partial charge in [-0.25, -0.2) is 0 Å². The molecule has 0 bridgehead atoms. The number of rotatable bonds is 3. The molecule has 0 saturated carbocycles. The summed E-state index contributed by atoms with van der Waals surface area (Å²) in [7, 11) is 0. The summed E-state index contributed by atoms with van der Waals surface area (Å²) in [6.45, 7) is 7.99. The SMILES string of the molecule is C=CC(C)c1ccc(CC)c(Cl)c1. The van der Waals surface area contributed by atoms with Crippen molar-refractivity contribution < 1.29 is 0 Å². The van der Waals surface area contributed by atoms with E-state index in [1.165, 1.54) is 11.1 Å². The van der Waals surface area contributed by atoms with Gasteiger partial charge in [0.2, 0.25) is 0 Å². The van der Waals surface area contributed by atoms with Crippen LogP contribution in [0.15, 0.2) is 30.9 Å². The lowest BCUT2D eigenvalue weighted by Crippen LogP contribution is -1.90. The van der Waals surface area contributed by atoms with Gasteiger partial charge in [0.05, 0.1) is 0 Å². The number of hydrogen-bond donors (Lipinski definition) is 0. The van der Waals surface area contributed by atoms with E-state index < -0.39 is 0 Å². The van der Waals surface area contributed by atoms with Crippen molar-refractivity contribution >= 4 is 11.6 Å². The van der Waals surface area contributed by atoms with Gasteiger partial charge in [-0.15, -0.1) is 6.58 Å². The molecule has 0 aliphatic carbocycles. The second kappa shape index (κ2) is 4.48. The van der Waals surface area contributed by atoms with Crippen LogP contribution in [0.3, 0.4) is 0 Å². The highest BCUT2D eigenvalue weighted by Crippen LogP contribution is 2.23. The minimum atomic E-state index is 0.378. The van der Waals surface area contributed by atoms with Crippen LogP contribution in [0.5, 0.6) is 0 Å². The van der Waals surface area contributed by atoms with Gasteiger partial charge in [-0.05, 0) is 29.5 Å². The Balaban J connectivity index is 3.02. The standard InChI is InChI=1S/C12H15Cl/c1-4-9(3)11-7-6-10(5-2)12(13)8-11/h4,6-9H,1,5H2,2-3H3. The molecular formula is C12H15Cl. The first-order valence-electron chi connectivity index (χ1n) is 4.60. The number of allylic oxidation sites excluding steroid dienone is 1. The molecule has 0 aliphatic rings. The van der Waals surface area contributed by atoms with Crippen molar-refractivity contribution in [3.8, 4) is 0 Å². The normalized spacial score (nSPS) is 12.5. The Hall–Kier alpha value is -0.750. The van der Waals surface area contributed by atoms with Gasteiger partial charge in [-0.1, -0.05) is 43.7 Å². The molecule has 0 fully saturated rings. The van der Waals surface area contributed by atoms with Crippen molar-refractivity contribution in [2.24, 2.45) is 0 Å². The molecule has 1 aromatic carbocycles. The molecule has 0 N–H and O–H groups in total. The highest BCUT2D eigenvalue weighted by Gasteiger charge is 2.03. The molecule has 1 atom stereocenters. The molecule has 13 heavy (non-hydrogen) atoms. The van der Waals surface area contributed by atoms with Gasteiger partial charge in [0, 0.05) is 5.02 Å². The van der Waals surface area contributed by atoms with E-state index in [2.05, 4.69) is 32.6 Å². The average Bonchev–Trinajstić information content (AvgIpc) is 2.16. The highest BCUT2D eigenvalue weighted by atomic mass is 35.5. The average molecular weight is 195 g/mol. The van der Waals surface area contributed by atoms with Crippen LogP contribution in [0.4, 0.5) is 0 Å². The molecule has 70 valence electrons. The number of hydrogen-bond acceptors (Lipinski definition) is 0.